The number of amides is 1. The fraction of sp³-hybridized carbons (Fsp3) is 0.385. The van der Waals surface area contributed by atoms with Gasteiger partial charge in [0.2, 0.25) is 0 Å². The van der Waals surface area contributed by atoms with Crippen molar-refractivity contribution in [1.29, 1.82) is 0 Å². The van der Waals surface area contributed by atoms with Crippen molar-refractivity contribution < 1.29 is 19.1 Å². The van der Waals surface area contributed by atoms with Crippen molar-refractivity contribution in [1.82, 2.24) is 5.32 Å². The maximum Gasteiger partial charge on any atom is 0.326 e. The number of carboxylic acids is 1. The first-order valence-corrected chi connectivity index (χ1v) is 5.76. The van der Waals surface area contributed by atoms with Crippen LogP contribution >= 0.6 is 0 Å². The summed E-state index contributed by atoms with van der Waals surface area (Å²) in [6, 6.07) is 3.46. The largest absolute Gasteiger partial charge is 0.480 e. The second kappa shape index (κ2) is 6.14. The maximum atomic E-state index is 13.7. The second-order valence-corrected chi connectivity index (χ2v) is 4.09. The zero-order valence-corrected chi connectivity index (χ0v) is 10.4. The molecule has 0 aliphatic rings. The Kier molecular flexibility index (Phi) is 4.83. The van der Waals surface area contributed by atoms with E-state index >= 15 is 0 Å². The molecule has 1 aromatic carbocycles. The molecule has 98 valence electrons. The van der Waals surface area contributed by atoms with Crippen molar-refractivity contribution in [2.75, 3.05) is 0 Å². The summed E-state index contributed by atoms with van der Waals surface area (Å²) in [7, 11) is 0. The second-order valence-electron chi connectivity index (χ2n) is 4.09. The van der Waals surface area contributed by atoms with Crippen molar-refractivity contribution in [3.05, 3.63) is 35.1 Å². The SMILES string of the molecule is CCC[C@H](NC(=O)c1cccc(C)c1F)C(=O)O. The number of hydrogen-bond donors (Lipinski definition) is 2. The van der Waals surface area contributed by atoms with E-state index in [0.717, 1.165) is 0 Å². The lowest BCUT2D eigenvalue weighted by molar-refractivity contribution is -0.139. The monoisotopic (exact) mass is 253 g/mol. The van der Waals surface area contributed by atoms with Crippen LogP contribution in [0.5, 0.6) is 0 Å². The number of hydrogen-bond acceptors (Lipinski definition) is 2. The molecule has 0 unspecified atom stereocenters. The van der Waals surface area contributed by atoms with Crippen LogP contribution < -0.4 is 5.32 Å². The van der Waals surface area contributed by atoms with Gasteiger partial charge in [0.1, 0.15) is 11.9 Å². The van der Waals surface area contributed by atoms with Crippen LogP contribution in [0.4, 0.5) is 4.39 Å². The molecule has 0 aliphatic carbocycles. The molecule has 1 atom stereocenters. The molecule has 0 fully saturated rings. The van der Waals surface area contributed by atoms with E-state index in [4.69, 9.17) is 5.11 Å². The lowest BCUT2D eigenvalue weighted by Crippen LogP contribution is -2.41. The first-order chi connectivity index (χ1) is 8.47. The Balaban J connectivity index is 2.87. The van der Waals surface area contributed by atoms with Crippen LogP contribution in [0.25, 0.3) is 0 Å². The van der Waals surface area contributed by atoms with Crippen molar-refractivity contribution in [2.45, 2.75) is 32.7 Å². The smallest absolute Gasteiger partial charge is 0.326 e. The molecule has 1 rings (SSSR count). The van der Waals surface area contributed by atoms with Gasteiger partial charge in [0, 0.05) is 0 Å². The normalized spacial score (nSPS) is 11.9. The van der Waals surface area contributed by atoms with Crippen LogP contribution in [0.2, 0.25) is 0 Å². The predicted molar refractivity (Wildman–Crippen MR) is 64.9 cm³/mol. The Labute approximate surface area is 105 Å². The van der Waals surface area contributed by atoms with Gasteiger partial charge in [-0.15, -0.1) is 0 Å². The molecule has 0 aliphatic heterocycles. The van der Waals surface area contributed by atoms with Gasteiger partial charge in [0.25, 0.3) is 5.91 Å². The number of carboxylic acid groups (broad SMARTS) is 1. The Hall–Kier alpha value is -1.91. The van der Waals surface area contributed by atoms with Gasteiger partial charge in [0.05, 0.1) is 5.56 Å². The van der Waals surface area contributed by atoms with Crippen molar-refractivity contribution in [2.24, 2.45) is 0 Å². The molecule has 0 saturated carbocycles. The molecule has 0 saturated heterocycles. The van der Waals surface area contributed by atoms with Crippen LogP contribution in [-0.2, 0) is 4.79 Å². The Morgan fingerprint density at radius 1 is 1.44 bits per heavy atom. The summed E-state index contributed by atoms with van der Waals surface area (Å²) >= 11 is 0. The standard InChI is InChI=1S/C13H16FNO3/c1-3-5-10(13(17)18)15-12(16)9-7-4-6-8(2)11(9)14/h4,6-7,10H,3,5H2,1-2H3,(H,15,16)(H,17,18)/t10-/m0/s1. The van der Waals surface area contributed by atoms with Crippen molar-refractivity contribution in [3.8, 4) is 0 Å². The number of carbonyl (C=O) groups excluding carboxylic acids is 1. The van der Waals surface area contributed by atoms with Gasteiger partial charge < -0.3 is 10.4 Å². The summed E-state index contributed by atoms with van der Waals surface area (Å²) < 4.78 is 13.7. The molecule has 1 aromatic rings. The van der Waals surface area contributed by atoms with Gasteiger partial charge in [-0.2, -0.15) is 0 Å². The van der Waals surface area contributed by atoms with E-state index in [1.54, 1.807) is 19.1 Å². The van der Waals surface area contributed by atoms with Gasteiger partial charge in [-0.3, -0.25) is 4.79 Å². The molecule has 0 bridgehead atoms. The maximum absolute atomic E-state index is 13.7. The molecular weight excluding hydrogens is 237 g/mol. The first kappa shape index (κ1) is 14.2. The number of halogens is 1. The number of rotatable bonds is 5. The zero-order chi connectivity index (χ0) is 13.7. The average molecular weight is 253 g/mol. The minimum Gasteiger partial charge on any atom is -0.480 e. The molecule has 1 amide bonds. The van der Waals surface area contributed by atoms with Gasteiger partial charge in [-0.1, -0.05) is 25.5 Å². The van der Waals surface area contributed by atoms with Crippen LogP contribution in [0.15, 0.2) is 18.2 Å². The molecular formula is C13H16FNO3. The minimum atomic E-state index is -1.11. The van der Waals surface area contributed by atoms with Crippen LogP contribution in [-0.4, -0.2) is 23.0 Å². The Bertz CT molecular complexity index is 460. The third kappa shape index (κ3) is 3.29. The summed E-state index contributed by atoms with van der Waals surface area (Å²) in [6.45, 7) is 3.36. The molecule has 0 spiro atoms. The van der Waals surface area contributed by atoms with E-state index in [9.17, 15) is 14.0 Å². The first-order valence-electron chi connectivity index (χ1n) is 5.76. The van der Waals surface area contributed by atoms with E-state index in [2.05, 4.69) is 5.32 Å². The Morgan fingerprint density at radius 3 is 2.67 bits per heavy atom. The zero-order valence-electron chi connectivity index (χ0n) is 10.4. The van der Waals surface area contributed by atoms with Gasteiger partial charge in [-0.25, -0.2) is 9.18 Å². The Morgan fingerprint density at radius 2 is 2.11 bits per heavy atom. The highest BCUT2D eigenvalue weighted by Crippen LogP contribution is 2.12. The van der Waals surface area contributed by atoms with Gasteiger partial charge >= 0.3 is 5.97 Å². The van der Waals surface area contributed by atoms with Gasteiger partial charge in [0.15, 0.2) is 0 Å². The summed E-state index contributed by atoms with van der Waals surface area (Å²) in [5.74, 6) is -2.43. The lowest BCUT2D eigenvalue weighted by atomic mass is 10.1. The highest BCUT2D eigenvalue weighted by molar-refractivity contribution is 5.96. The molecule has 18 heavy (non-hydrogen) atoms. The van der Waals surface area contributed by atoms with E-state index < -0.39 is 23.7 Å². The predicted octanol–water partition coefficient (Wildman–Crippen LogP) is 2.12. The fourth-order valence-electron chi connectivity index (χ4n) is 1.60. The molecule has 0 radical (unpaired) electrons. The minimum absolute atomic E-state index is 0.127. The third-order valence-corrected chi connectivity index (χ3v) is 2.62. The number of aliphatic carboxylic acids is 1. The summed E-state index contributed by atoms with van der Waals surface area (Å²) in [5, 5.41) is 11.2. The summed E-state index contributed by atoms with van der Waals surface area (Å²) in [5.41, 5.74) is 0.224. The fourth-order valence-corrected chi connectivity index (χ4v) is 1.60. The van der Waals surface area contributed by atoms with Crippen molar-refractivity contribution >= 4 is 11.9 Å². The number of carbonyl (C=O) groups is 2. The molecule has 5 heteroatoms. The van der Waals surface area contributed by atoms with Gasteiger partial charge in [-0.05, 0) is 25.0 Å². The molecule has 0 heterocycles. The molecule has 4 nitrogen and oxygen atoms in total. The van der Waals surface area contributed by atoms with Crippen molar-refractivity contribution in [3.63, 3.8) is 0 Å². The number of benzene rings is 1. The van der Waals surface area contributed by atoms with E-state index in [0.29, 0.717) is 18.4 Å². The van der Waals surface area contributed by atoms with E-state index in [-0.39, 0.29) is 5.56 Å². The van der Waals surface area contributed by atoms with Crippen LogP contribution in [0.3, 0.4) is 0 Å². The number of nitrogens with one attached hydrogen (secondary N) is 1. The van der Waals surface area contributed by atoms with Crippen LogP contribution in [0.1, 0.15) is 35.7 Å². The van der Waals surface area contributed by atoms with Crippen LogP contribution in [0, 0.1) is 12.7 Å². The topological polar surface area (TPSA) is 66.4 Å². The molecule has 2 N–H and O–H groups in total. The quantitative estimate of drug-likeness (QED) is 0.844. The average Bonchev–Trinajstić information content (AvgIpc) is 2.31. The summed E-state index contributed by atoms with van der Waals surface area (Å²) in [6.07, 6.45) is 0.933. The summed E-state index contributed by atoms with van der Waals surface area (Å²) in [4.78, 5) is 22.7. The van der Waals surface area contributed by atoms with E-state index in [1.165, 1.54) is 6.07 Å². The number of aryl methyl sites for hydroxylation is 1. The highest BCUT2D eigenvalue weighted by atomic mass is 19.1. The lowest BCUT2D eigenvalue weighted by Gasteiger charge is -2.14. The molecule has 0 aromatic heterocycles. The van der Waals surface area contributed by atoms with E-state index in [1.807, 2.05) is 6.92 Å². The highest BCUT2D eigenvalue weighted by Gasteiger charge is 2.21. The third-order valence-electron chi connectivity index (χ3n) is 2.62.